The molecule has 0 saturated carbocycles. The number of nitrogens with zero attached hydrogens (tertiary/aromatic N) is 2. The van der Waals surface area contributed by atoms with E-state index in [0.29, 0.717) is 18.8 Å². The molecule has 3 N–H and O–H groups in total. The summed E-state index contributed by atoms with van der Waals surface area (Å²) < 4.78 is 37.7. The highest BCUT2D eigenvalue weighted by Gasteiger charge is 2.41. The second-order valence-electron chi connectivity index (χ2n) is 4.62. The fraction of sp³-hybridized carbons (Fsp3) is 0.500. The molecular weight excluding hydrogens is 257 g/mol. The summed E-state index contributed by atoms with van der Waals surface area (Å²) in [5.74, 6) is -1.36. The zero-order valence-electron chi connectivity index (χ0n) is 10.2. The van der Waals surface area contributed by atoms with Crippen molar-refractivity contribution >= 4 is 11.5 Å². The number of nitrogens with one attached hydrogen (secondary N) is 1. The molecule has 1 aromatic rings. The van der Waals surface area contributed by atoms with Crippen LogP contribution < -0.4 is 10.6 Å². The lowest BCUT2D eigenvalue weighted by Crippen LogP contribution is -2.39. The third-order valence-corrected chi connectivity index (χ3v) is 3.34. The highest BCUT2D eigenvalue weighted by atomic mass is 19.4. The minimum atomic E-state index is -4.10. The van der Waals surface area contributed by atoms with E-state index >= 15 is 0 Å². The number of rotatable bonds is 2. The average Bonchev–Trinajstić information content (AvgIpc) is 2.38. The van der Waals surface area contributed by atoms with E-state index in [4.69, 9.17) is 11.1 Å². The minimum absolute atomic E-state index is 0.0984. The van der Waals surface area contributed by atoms with Crippen molar-refractivity contribution in [2.75, 3.05) is 18.0 Å². The standard InChI is InChI=1S/C12H15F3N4/c13-12(14,15)8-2-5-19(6-3-8)9-1-4-18-10(7-9)11(16)17/h1,4,7-8H,2-3,5-6H2,(H3,16,17). The van der Waals surface area contributed by atoms with Crippen LogP contribution in [-0.2, 0) is 0 Å². The Hall–Kier alpha value is -1.79. The van der Waals surface area contributed by atoms with Crippen LogP contribution in [-0.4, -0.2) is 30.1 Å². The monoisotopic (exact) mass is 272 g/mol. The van der Waals surface area contributed by atoms with E-state index < -0.39 is 12.1 Å². The van der Waals surface area contributed by atoms with Crippen LogP contribution in [0.3, 0.4) is 0 Å². The van der Waals surface area contributed by atoms with Gasteiger partial charge in [-0.3, -0.25) is 10.4 Å². The first-order chi connectivity index (χ1) is 8.88. The Morgan fingerprint density at radius 1 is 1.37 bits per heavy atom. The number of anilines is 1. The highest BCUT2D eigenvalue weighted by molar-refractivity contribution is 5.93. The van der Waals surface area contributed by atoms with Gasteiger partial charge in [-0.15, -0.1) is 0 Å². The average molecular weight is 272 g/mol. The van der Waals surface area contributed by atoms with Crippen molar-refractivity contribution < 1.29 is 13.2 Å². The van der Waals surface area contributed by atoms with Crippen molar-refractivity contribution in [3.63, 3.8) is 0 Å². The fourth-order valence-corrected chi connectivity index (χ4v) is 2.23. The summed E-state index contributed by atoms with van der Waals surface area (Å²) in [7, 11) is 0. The summed E-state index contributed by atoms with van der Waals surface area (Å²) in [6, 6.07) is 3.36. The van der Waals surface area contributed by atoms with E-state index in [1.165, 1.54) is 6.20 Å². The first kappa shape index (κ1) is 13.6. The lowest BCUT2D eigenvalue weighted by atomic mass is 9.96. The van der Waals surface area contributed by atoms with Gasteiger partial charge in [-0.2, -0.15) is 13.2 Å². The number of nitrogen functional groups attached to an aromatic ring is 1. The topological polar surface area (TPSA) is 66.0 Å². The zero-order valence-corrected chi connectivity index (χ0v) is 10.2. The molecule has 0 aliphatic carbocycles. The van der Waals surface area contributed by atoms with E-state index in [2.05, 4.69) is 4.98 Å². The molecule has 1 saturated heterocycles. The van der Waals surface area contributed by atoms with Crippen LogP contribution in [0.1, 0.15) is 18.5 Å². The summed E-state index contributed by atoms with van der Waals surface area (Å²) in [6.45, 7) is 0.705. The molecule has 1 aliphatic rings. The van der Waals surface area contributed by atoms with Crippen molar-refractivity contribution in [3.05, 3.63) is 24.0 Å². The Kier molecular flexibility index (Phi) is 3.64. The molecule has 4 nitrogen and oxygen atoms in total. The van der Waals surface area contributed by atoms with E-state index in [-0.39, 0.29) is 18.7 Å². The van der Waals surface area contributed by atoms with Crippen LogP contribution >= 0.6 is 0 Å². The molecule has 1 aliphatic heterocycles. The molecule has 0 radical (unpaired) electrons. The van der Waals surface area contributed by atoms with E-state index in [1.807, 2.05) is 4.90 Å². The largest absolute Gasteiger partial charge is 0.391 e. The number of amidine groups is 1. The molecule has 19 heavy (non-hydrogen) atoms. The van der Waals surface area contributed by atoms with Gasteiger partial charge in [-0.05, 0) is 25.0 Å². The lowest BCUT2D eigenvalue weighted by Gasteiger charge is -2.34. The van der Waals surface area contributed by atoms with Gasteiger partial charge < -0.3 is 10.6 Å². The number of alkyl halides is 3. The van der Waals surface area contributed by atoms with Gasteiger partial charge in [0, 0.05) is 25.0 Å². The van der Waals surface area contributed by atoms with E-state index in [0.717, 1.165) is 5.69 Å². The smallest absolute Gasteiger partial charge is 0.382 e. The van der Waals surface area contributed by atoms with Crippen LogP contribution in [0, 0.1) is 11.3 Å². The van der Waals surface area contributed by atoms with Crippen molar-refractivity contribution in [3.8, 4) is 0 Å². The number of aromatic nitrogens is 1. The van der Waals surface area contributed by atoms with Crippen LogP contribution in [0.4, 0.5) is 18.9 Å². The summed E-state index contributed by atoms with van der Waals surface area (Å²) in [5, 5.41) is 7.31. The quantitative estimate of drug-likeness (QED) is 0.640. The van der Waals surface area contributed by atoms with Gasteiger partial charge in [0.1, 0.15) is 11.5 Å². The molecule has 2 rings (SSSR count). The van der Waals surface area contributed by atoms with Crippen molar-refractivity contribution in [2.45, 2.75) is 19.0 Å². The molecule has 0 aromatic carbocycles. The Morgan fingerprint density at radius 3 is 2.53 bits per heavy atom. The third-order valence-electron chi connectivity index (χ3n) is 3.34. The van der Waals surface area contributed by atoms with Crippen LogP contribution in [0.25, 0.3) is 0 Å². The molecular formula is C12H15F3N4. The summed E-state index contributed by atoms with van der Waals surface area (Å²) in [6.07, 6.45) is -2.39. The Balaban J connectivity index is 2.05. The Morgan fingerprint density at radius 2 is 2.00 bits per heavy atom. The minimum Gasteiger partial charge on any atom is -0.382 e. The fourth-order valence-electron chi connectivity index (χ4n) is 2.23. The number of hydrogen-bond donors (Lipinski definition) is 2. The van der Waals surface area contributed by atoms with Gasteiger partial charge in [0.25, 0.3) is 0 Å². The molecule has 7 heteroatoms. The van der Waals surface area contributed by atoms with E-state index in [1.54, 1.807) is 12.1 Å². The predicted octanol–water partition coefficient (Wildman–Crippen LogP) is 2.14. The van der Waals surface area contributed by atoms with Crippen molar-refractivity contribution in [1.29, 1.82) is 5.41 Å². The zero-order chi connectivity index (χ0) is 14.0. The summed E-state index contributed by atoms with van der Waals surface area (Å²) >= 11 is 0. The van der Waals surface area contributed by atoms with E-state index in [9.17, 15) is 13.2 Å². The number of hydrogen-bond acceptors (Lipinski definition) is 3. The molecule has 0 amide bonds. The van der Waals surface area contributed by atoms with Crippen molar-refractivity contribution in [1.82, 2.24) is 4.98 Å². The Bertz CT molecular complexity index is 464. The number of piperidine rings is 1. The number of nitrogens with two attached hydrogens (primary N) is 1. The third kappa shape index (κ3) is 3.15. The van der Waals surface area contributed by atoms with Crippen LogP contribution in [0.15, 0.2) is 18.3 Å². The van der Waals surface area contributed by atoms with Gasteiger partial charge in [0.15, 0.2) is 0 Å². The molecule has 0 spiro atoms. The van der Waals surface area contributed by atoms with Crippen molar-refractivity contribution in [2.24, 2.45) is 11.7 Å². The molecule has 1 fully saturated rings. The van der Waals surface area contributed by atoms with Gasteiger partial charge >= 0.3 is 6.18 Å². The molecule has 0 bridgehead atoms. The van der Waals surface area contributed by atoms with Gasteiger partial charge in [0.2, 0.25) is 0 Å². The van der Waals surface area contributed by atoms with Crippen LogP contribution in [0.5, 0.6) is 0 Å². The molecule has 0 atom stereocenters. The molecule has 2 heterocycles. The van der Waals surface area contributed by atoms with Crippen LogP contribution in [0.2, 0.25) is 0 Å². The maximum atomic E-state index is 12.6. The van der Waals surface area contributed by atoms with Gasteiger partial charge in [0.05, 0.1) is 5.92 Å². The SMILES string of the molecule is N=C(N)c1cc(N2CCC(C(F)(F)F)CC2)ccn1. The van der Waals surface area contributed by atoms with Gasteiger partial charge in [-0.1, -0.05) is 0 Å². The predicted molar refractivity (Wildman–Crippen MR) is 66.2 cm³/mol. The number of halogens is 3. The summed E-state index contributed by atoms with van der Waals surface area (Å²) in [5.41, 5.74) is 6.45. The number of pyridine rings is 1. The Labute approximate surface area is 108 Å². The first-order valence-electron chi connectivity index (χ1n) is 6.00. The summed E-state index contributed by atoms with van der Waals surface area (Å²) in [4.78, 5) is 5.80. The second-order valence-corrected chi connectivity index (χ2v) is 4.62. The normalized spacial score (nSPS) is 17.5. The maximum absolute atomic E-state index is 12.6. The lowest BCUT2D eigenvalue weighted by molar-refractivity contribution is -0.179. The molecule has 0 unspecified atom stereocenters. The first-order valence-corrected chi connectivity index (χ1v) is 6.00. The molecule has 104 valence electrons. The second kappa shape index (κ2) is 5.07. The highest BCUT2D eigenvalue weighted by Crippen LogP contribution is 2.35. The molecule has 1 aromatic heterocycles. The van der Waals surface area contributed by atoms with Gasteiger partial charge in [-0.25, -0.2) is 0 Å². The maximum Gasteiger partial charge on any atom is 0.391 e.